The van der Waals surface area contributed by atoms with E-state index in [-0.39, 0.29) is 41.3 Å². The standard InChI is InChI=1S/C19H33N5O3.HI/c1-6-20-18(21-12-15-23-17(27-24-15)19(3,4)5)22-14-10-8-13(9-11-14)16(25)26-7-2;/h13-14H,6-12H2,1-5H3,(H2,20,21,22);1H. The van der Waals surface area contributed by atoms with Gasteiger partial charge in [-0.25, -0.2) is 4.99 Å². The zero-order valence-corrected chi connectivity index (χ0v) is 19.9. The molecule has 160 valence electrons. The van der Waals surface area contributed by atoms with E-state index in [1.54, 1.807) is 0 Å². The van der Waals surface area contributed by atoms with Gasteiger partial charge in [-0.2, -0.15) is 4.98 Å². The number of guanidine groups is 1. The number of esters is 1. The number of hydrogen-bond acceptors (Lipinski definition) is 6. The van der Waals surface area contributed by atoms with Gasteiger partial charge in [-0.15, -0.1) is 24.0 Å². The van der Waals surface area contributed by atoms with E-state index >= 15 is 0 Å². The van der Waals surface area contributed by atoms with Crippen LogP contribution < -0.4 is 10.6 Å². The van der Waals surface area contributed by atoms with E-state index in [1.165, 1.54) is 0 Å². The Morgan fingerprint density at radius 2 is 1.93 bits per heavy atom. The van der Waals surface area contributed by atoms with Gasteiger partial charge >= 0.3 is 5.97 Å². The molecule has 0 aliphatic heterocycles. The van der Waals surface area contributed by atoms with E-state index in [1.807, 2.05) is 34.6 Å². The van der Waals surface area contributed by atoms with Crippen molar-refractivity contribution in [3.8, 4) is 0 Å². The second-order valence-electron chi connectivity index (χ2n) is 7.91. The van der Waals surface area contributed by atoms with E-state index < -0.39 is 0 Å². The number of nitrogens with one attached hydrogen (secondary N) is 2. The Morgan fingerprint density at radius 3 is 2.46 bits per heavy atom. The lowest BCUT2D eigenvalue weighted by atomic mass is 9.86. The molecule has 0 spiro atoms. The summed E-state index contributed by atoms with van der Waals surface area (Å²) in [6.45, 7) is 11.5. The maximum atomic E-state index is 11.9. The molecule has 28 heavy (non-hydrogen) atoms. The number of carbonyl (C=O) groups is 1. The molecular formula is C19H34IN5O3. The summed E-state index contributed by atoms with van der Waals surface area (Å²) >= 11 is 0. The molecule has 1 aromatic rings. The normalized spacial score (nSPS) is 20.2. The molecule has 0 atom stereocenters. The first-order valence-corrected chi connectivity index (χ1v) is 9.88. The van der Waals surface area contributed by atoms with Gasteiger partial charge in [0.25, 0.3) is 0 Å². The van der Waals surface area contributed by atoms with Crippen molar-refractivity contribution in [1.82, 2.24) is 20.8 Å². The van der Waals surface area contributed by atoms with E-state index in [2.05, 4.69) is 25.8 Å². The van der Waals surface area contributed by atoms with Crippen molar-refractivity contribution in [3.63, 3.8) is 0 Å². The second-order valence-corrected chi connectivity index (χ2v) is 7.91. The third kappa shape index (κ3) is 7.56. The van der Waals surface area contributed by atoms with Crippen LogP contribution in [0.4, 0.5) is 0 Å². The summed E-state index contributed by atoms with van der Waals surface area (Å²) in [5.41, 5.74) is -0.171. The third-order valence-electron chi connectivity index (χ3n) is 4.52. The molecule has 2 rings (SSSR count). The van der Waals surface area contributed by atoms with Crippen LogP contribution in [0, 0.1) is 5.92 Å². The lowest BCUT2D eigenvalue weighted by Crippen LogP contribution is -2.45. The van der Waals surface area contributed by atoms with Gasteiger partial charge in [0.05, 0.1) is 12.5 Å². The van der Waals surface area contributed by atoms with Gasteiger partial charge in [-0.1, -0.05) is 25.9 Å². The lowest BCUT2D eigenvalue weighted by molar-refractivity contribution is -0.149. The largest absolute Gasteiger partial charge is 0.466 e. The number of rotatable bonds is 6. The average molecular weight is 507 g/mol. The molecule has 8 nitrogen and oxygen atoms in total. The van der Waals surface area contributed by atoms with Gasteiger partial charge in [0.15, 0.2) is 11.8 Å². The Morgan fingerprint density at radius 1 is 1.25 bits per heavy atom. The Kier molecular flexibility index (Phi) is 10.2. The average Bonchev–Trinajstić information content (AvgIpc) is 3.10. The molecule has 1 saturated carbocycles. The van der Waals surface area contributed by atoms with Crippen LogP contribution in [0.2, 0.25) is 0 Å². The lowest BCUT2D eigenvalue weighted by Gasteiger charge is -2.29. The SMILES string of the molecule is CCNC(=NCc1noc(C(C)(C)C)n1)NC1CCC(C(=O)OCC)CC1.I. The molecule has 1 aliphatic rings. The maximum absolute atomic E-state index is 11.9. The second kappa shape index (κ2) is 11.6. The number of halogens is 1. The maximum Gasteiger partial charge on any atom is 0.308 e. The number of ether oxygens (including phenoxy) is 1. The summed E-state index contributed by atoms with van der Waals surface area (Å²) in [6.07, 6.45) is 3.53. The smallest absolute Gasteiger partial charge is 0.308 e. The third-order valence-corrected chi connectivity index (χ3v) is 4.52. The Labute approximate surface area is 184 Å². The Balaban J connectivity index is 0.00000392. The molecular weight excluding hydrogens is 473 g/mol. The van der Waals surface area contributed by atoms with Crippen LogP contribution in [0.5, 0.6) is 0 Å². The predicted octanol–water partition coefficient (Wildman–Crippen LogP) is 3.16. The summed E-state index contributed by atoms with van der Waals surface area (Å²) in [5.74, 6) is 1.88. The highest BCUT2D eigenvalue weighted by Gasteiger charge is 2.27. The van der Waals surface area contributed by atoms with Crippen molar-refractivity contribution in [2.45, 2.75) is 78.3 Å². The molecule has 0 radical (unpaired) electrons. The van der Waals surface area contributed by atoms with Crippen LogP contribution in [-0.4, -0.2) is 41.3 Å². The van der Waals surface area contributed by atoms with Gasteiger partial charge in [0.2, 0.25) is 5.89 Å². The van der Waals surface area contributed by atoms with Gasteiger partial charge < -0.3 is 19.9 Å². The Hall–Kier alpha value is -1.39. The van der Waals surface area contributed by atoms with Crippen molar-refractivity contribution in [3.05, 3.63) is 11.7 Å². The minimum absolute atomic E-state index is 0. The number of aliphatic imine (C=N–C) groups is 1. The minimum atomic E-state index is -0.171. The summed E-state index contributed by atoms with van der Waals surface area (Å²) < 4.78 is 10.4. The van der Waals surface area contributed by atoms with Crippen molar-refractivity contribution in [2.75, 3.05) is 13.2 Å². The first kappa shape index (κ1) is 24.6. The zero-order valence-electron chi connectivity index (χ0n) is 17.6. The van der Waals surface area contributed by atoms with Crippen LogP contribution in [0.15, 0.2) is 9.52 Å². The van der Waals surface area contributed by atoms with E-state index in [0.717, 1.165) is 38.2 Å². The van der Waals surface area contributed by atoms with Crippen molar-refractivity contribution >= 4 is 35.9 Å². The first-order chi connectivity index (χ1) is 12.8. The van der Waals surface area contributed by atoms with Crippen LogP contribution in [-0.2, 0) is 21.5 Å². The molecule has 1 aliphatic carbocycles. The van der Waals surface area contributed by atoms with Crippen molar-refractivity contribution < 1.29 is 14.1 Å². The molecule has 1 aromatic heterocycles. The predicted molar refractivity (Wildman–Crippen MR) is 119 cm³/mol. The molecule has 0 aromatic carbocycles. The number of hydrogen-bond donors (Lipinski definition) is 2. The van der Waals surface area contributed by atoms with Crippen LogP contribution in [0.3, 0.4) is 0 Å². The van der Waals surface area contributed by atoms with E-state index in [4.69, 9.17) is 9.26 Å². The summed E-state index contributed by atoms with van der Waals surface area (Å²) in [6, 6.07) is 0.295. The molecule has 9 heteroatoms. The molecule has 1 heterocycles. The fraction of sp³-hybridized carbons (Fsp3) is 0.789. The van der Waals surface area contributed by atoms with Gasteiger partial charge in [-0.3, -0.25) is 4.79 Å². The van der Waals surface area contributed by atoms with E-state index in [9.17, 15) is 4.79 Å². The first-order valence-electron chi connectivity index (χ1n) is 9.88. The molecule has 0 saturated heterocycles. The summed E-state index contributed by atoms with van der Waals surface area (Å²) in [7, 11) is 0. The highest BCUT2D eigenvalue weighted by molar-refractivity contribution is 14.0. The van der Waals surface area contributed by atoms with E-state index in [0.29, 0.717) is 30.9 Å². The fourth-order valence-corrected chi connectivity index (χ4v) is 3.02. The van der Waals surface area contributed by atoms with Crippen LogP contribution in [0.25, 0.3) is 0 Å². The summed E-state index contributed by atoms with van der Waals surface area (Å²) in [5, 5.41) is 10.7. The highest BCUT2D eigenvalue weighted by Crippen LogP contribution is 2.25. The molecule has 1 fully saturated rings. The van der Waals surface area contributed by atoms with Gasteiger partial charge in [0.1, 0.15) is 6.54 Å². The summed E-state index contributed by atoms with van der Waals surface area (Å²) in [4.78, 5) is 20.8. The number of carbonyl (C=O) groups excluding carboxylic acids is 1. The quantitative estimate of drug-likeness (QED) is 0.264. The zero-order chi connectivity index (χ0) is 19.9. The molecule has 0 bridgehead atoms. The Bertz CT molecular complexity index is 634. The van der Waals surface area contributed by atoms with Gasteiger partial charge in [-0.05, 0) is 39.5 Å². The topological polar surface area (TPSA) is 102 Å². The molecule has 0 amide bonds. The van der Waals surface area contributed by atoms with Crippen LogP contribution in [0.1, 0.15) is 72.0 Å². The van der Waals surface area contributed by atoms with Crippen molar-refractivity contribution in [1.29, 1.82) is 0 Å². The number of nitrogens with zero attached hydrogens (tertiary/aromatic N) is 3. The fourth-order valence-electron chi connectivity index (χ4n) is 3.02. The highest BCUT2D eigenvalue weighted by atomic mass is 127. The molecule has 0 unspecified atom stereocenters. The minimum Gasteiger partial charge on any atom is -0.466 e. The monoisotopic (exact) mass is 507 g/mol. The molecule has 2 N–H and O–H groups in total. The van der Waals surface area contributed by atoms with Crippen molar-refractivity contribution in [2.24, 2.45) is 10.9 Å². The van der Waals surface area contributed by atoms with Gasteiger partial charge in [0, 0.05) is 18.0 Å². The van der Waals surface area contributed by atoms with Crippen LogP contribution >= 0.6 is 24.0 Å². The number of aromatic nitrogens is 2.